The Morgan fingerprint density at radius 3 is 2.77 bits per heavy atom. The van der Waals surface area contributed by atoms with Crippen molar-refractivity contribution in [2.24, 2.45) is 0 Å². The van der Waals surface area contributed by atoms with Gasteiger partial charge in [-0.05, 0) is 50.2 Å². The van der Waals surface area contributed by atoms with E-state index in [0.717, 1.165) is 24.3 Å². The molecule has 0 aliphatic rings. The summed E-state index contributed by atoms with van der Waals surface area (Å²) in [6.45, 7) is 3.62. The zero-order valence-electron chi connectivity index (χ0n) is 15.0. The predicted molar refractivity (Wildman–Crippen MR) is 104 cm³/mol. The summed E-state index contributed by atoms with van der Waals surface area (Å²) in [5, 5.41) is 12.0. The Balaban J connectivity index is 1.71. The number of hydrogen-bond donors (Lipinski definition) is 1. The van der Waals surface area contributed by atoms with Crippen LogP contribution in [-0.2, 0) is 4.79 Å². The van der Waals surface area contributed by atoms with Crippen molar-refractivity contribution in [3.63, 3.8) is 0 Å². The maximum Gasteiger partial charge on any atom is 0.238 e. The van der Waals surface area contributed by atoms with Crippen LogP contribution in [0.2, 0.25) is 5.02 Å². The predicted octanol–water partition coefficient (Wildman–Crippen LogP) is 3.86. The molecule has 6 heteroatoms. The van der Waals surface area contributed by atoms with Gasteiger partial charge in [-0.1, -0.05) is 29.8 Å². The summed E-state index contributed by atoms with van der Waals surface area (Å²) in [4.78, 5) is 14.0. The lowest BCUT2D eigenvalue weighted by Crippen LogP contribution is -2.31. The van der Waals surface area contributed by atoms with Crippen molar-refractivity contribution in [3.8, 4) is 11.8 Å². The Hall–Kier alpha value is -2.55. The fraction of sp³-hybridized carbons (Fsp3) is 0.300. The normalized spacial score (nSPS) is 10.4. The standard InChI is InChI=1S/C20H22ClN3O2/c1-15-6-3-4-7-19(15)26-11-5-10-24(2)14-20(25)23-17-9-8-16(13-22)18(21)12-17/h3-4,6-9,12H,5,10-11,14H2,1-2H3,(H,23,25). The Bertz CT molecular complexity index is 802. The van der Waals surface area contributed by atoms with E-state index in [1.807, 2.05) is 49.2 Å². The van der Waals surface area contributed by atoms with Gasteiger partial charge < -0.3 is 10.1 Å². The van der Waals surface area contributed by atoms with Crippen LogP contribution < -0.4 is 10.1 Å². The molecule has 0 atom stereocenters. The number of aryl methyl sites for hydroxylation is 1. The van der Waals surface area contributed by atoms with Crippen LogP contribution in [0.5, 0.6) is 5.75 Å². The first-order valence-electron chi connectivity index (χ1n) is 8.36. The van der Waals surface area contributed by atoms with Gasteiger partial charge in [0.25, 0.3) is 0 Å². The van der Waals surface area contributed by atoms with Gasteiger partial charge in [-0.15, -0.1) is 0 Å². The smallest absolute Gasteiger partial charge is 0.238 e. The molecule has 0 saturated carbocycles. The third-order valence-electron chi connectivity index (χ3n) is 3.82. The molecule has 0 aromatic heterocycles. The van der Waals surface area contributed by atoms with Gasteiger partial charge >= 0.3 is 0 Å². The fourth-order valence-corrected chi connectivity index (χ4v) is 2.67. The number of nitrogens with one attached hydrogen (secondary N) is 1. The quantitative estimate of drug-likeness (QED) is 0.715. The third-order valence-corrected chi connectivity index (χ3v) is 4.13. The summed E-state index contributed by atoms with van der Waals surface area (Å²) in [6.07, 6.45) is 0.820. The van der Waals surface area contributed by atoms with Gasteiger partial charge in [0.2, 0.25) is 5.91 Å². The molecule has 0 fully saturated rings. The number of benzene rings is 2. The third kappa shape index (κ3) is 6.07. The lowest BCUT2D eigenvalue weighted by molar-refractivity contribution is -0.117. The zero-order valence-corrected chi connectivity index (χ0v) is 15.7. The minimum Gasteiger partial charge on any atom is -0.493 e. The second kappa shape index (κ2) is 9.81. The monoisotopic (exact) mass is 371 g/mol. The Morgan fingerprint density at radius 2 is 2.08 bits per heavy atom. The highest BCUT2D eigenvalue weighted by Crippen LogP contribution is 2.20. The molecular formula is C20H22ClN3O2. The van der Waals surface area contributed by atoms with Gasteiger partial charge in [0.1, 0.15) is 11.8 Å². The van der Waals surface area contributed by atoms with Crippen LogP contribution in [0.25, 0.3) is 0 Å². The molecule has 1 amide bonds. The number of nitriles is 1. The van der Waals surface area contributed by atoms with Crippen molar-refractivity contribution in [2.75, 3.05) is 32.1 Å². The van der Waals surface area contributed by atoms with Crippen LogP contribution in [0.1, 0.15) is 17.5 Å². The van der Waals surface area contributed by atoms with E-state index in [0.29, 0.717) is 22.9 Å². The molecule has 0 heterocycles. The second-order valence-electron chi connectivity index (χ2n) is 6.06. The number of likely N-dealkylation sites (N-methyl/N-ethyl adjacent to an activating group) is 1. The number of halogens is 1. The van der Waals surface area contributed by atoms with Crippen LogP contribution in [0.3, 0.4) is 0 Å². The van der Waals surface area contributed by atoms with Crippen LogP contribution in [0.4, 0.5) is 5.69 Å². The molecule has 0 aliphatic carbocycles. The minimum atomic E-state index is -0.131. The lowest BCUT2D eigenvalue weighted by Gasteiger charge is -2.17. The van der Waals surface area contributed by atoms with E-state index in [1.165, 1.54) is 0 Å². The molecule has 1 N–H and O–H groups in total. The summed E-state index contributed by atoms with van der Waals surface area (Å²) >= 11 is 5.97. The van der Waals surface area contributed by atoms with Gasteiger partial charge in [0.15, 0.2) is 0 Å². The molecule has 2 rings (SSSR count). The molecule has 0 radical (unpaired) electrons. The van der Waals surface area contributed by atoms with E-state index in [2.05, 4.69) is 5.32 Å². The van der Waals surface area contributed by atoms with Gasteiger partial charge in [-0.3, -0.25) is 9.69 Å². The number of anilines is 1. The number of ether oxygens (including phenoxy) is 1. The van der Waals surface area contributed by atoms with Crippen molar-refractivity contribution in [2.45, 2.75) is 13.3 Å². The number of carbonyl (C=O) groups is 1. The molecule has 0 bridgehead atoms. The first-order chi connectivity index (χ1) is 12.5. The largest absolute Gasteiger partial charge is 0.493 e. The maximum absolute atomic E-state index is 12.1. The van der Waals surface area contributed by atoms with Gasteiger partial charge in [-0.25, -0.2) is 0 Å². The van der Waals surface area contributed by atoms with E-state index in [1.54, 1.807) is 18.2 Å². The van der Waals surface area contributed by atoms with Crippen molar-refractivity contribution in [1.82, 2.24) is 4.90 Å². The molecule has 0 unspecified atom stereocenters. The molecule has 5 nitrogen and oxygen atoms in total. The number of nitrogens with zero attached hydrogens (tertiary/aromatic N) is 2. The number of amides is 1. The summed E-state index contributed by atoms with van der Waals surface area (Å²) in [5.41, 5.74) is 2.08. The molecule has 0 aliphatic heterocycles. The van der Waals surface area contributed by atoms with E-state index in [9.17, 15) is 4.79 Å². The average Bonchev–Trinajstić information content (AvgIpc) is 2.60. The number of para-hydroxylation sites is 1. The van der Waals surface area contributed by atoms with Crippen LogP contribution >= 0.6 is 11.6 Å². The van der Waals surface area contributed by atoms with Gasteiger partial charge in [0.05, 0.1) is 23.7 Å². The molecule has 0 spiro atoms. The van der Waals surface area contributed by atoms with Crippen molar-refractivity contribution in [3.05, 3.63) is 58.6 Å². The highest BCUT2D eigenvalue weighted by Gasteiger charge is 2.08. The molecule has 0 saturated heterocycles. The van der Waals surface area contributed by atoms with E-state index in [-0.39, 0.29) is 12.5 Å². The average molecular weight is 372 g/mol. The highest BCUT2D eigenvalue weighted by atomic mass is 35.5. The first kappa shape index (κ1) is 19.8. The SMILES string of the molecule is Cc1ccccc1OCCCN(C)CC(=O)Nc1ccc(C#N)c(Cl)c1. The summed E-state index contributed by atoms with van der Waals surface area (Å²) in [6, 6.07) is 14.7. The molecule has 2 aromatic rings. The molecular weight excluding hydrogens is 350 g/mol. The topological polar surface area (TPSA) is 65.4 Å². The number of carbonyl (C=O) groups excluding carboxylic acids is 1. The highest BCUT2D eigenvalue weighted by molar-refractivity contribution is 6.32. The Labute approximate surface area is 159 Å². The molecule has 2 aromatic carbocycles. The van der Waals surface area contributed by atoms with Gasteiger partial charge in [-0.2, -0.15) is 5.26 Å². The Morgan fingerprint density at radius 1 is 1.31 bits per heavy atom. The van der Waals surface area contributed by atoms with E-state index < -0.39 is 0 Å². The number of hydrogen-bond acceptors (Lipinski definition) is 4. The van der Waals surface area contributed by atoms with Crippen molar-refractivity contribution < 1.29 is 9.53 Å². The van der Waals surface area contributed by atoms with Crippen molar-refractivity contribution >= 4 is 23.2 Å². The maximum atomic E-state index is 12.1. The van der Waals surface area contributed by atoms with Crippen LogP contribution in [0, 0.1) is 18.3 Å². The molecule has 26 heavy (non-hydrogen) atoms. The fourth-order valence-electron chi connectivity index (χ4n) is 2.44. The Kier molecular flexibility index (Phi) is 7.46. The van der Waals surface area contributed by atoms with E-state index >= 15 is 0 Å². The summed E-state index contributed by atoms with van der Waals surface area (Å²) in [5.74, 6) is 0.763. The van der Waals surface area contributed by atoms with Gasteiger partial charge in [0, 0.05) is 12.2 Å². The minimum absolute atomic E-state index is 0.131. The van der Waals surface area contributed by atoms with Crippen LogP contribution in [-0.4, -0.2) is 37.6 Å². The summed E-state index contributed by atoms with van der Waals surface area (Å²) in [7, 11) is 1.89. The van der Waals surface area contributed by atoms with Crippen LogP contribution in [0.15, 0.2) is 42.5 Å². The second-order valence-corrected chi connectivity index (χ2v) is 6.47. The molecule has 136 valence electrons. The van der Waals surface area contributed by atoms with E-state index in [4.69, 9.17) is 21.6 Å². The zero-order chi connectivity index (χ0) is 18.9. The first-order valence-corrected chi connectivity index (χ1v) is 8.74. The lowest BCUT2D eigenvalue weighted by atomic mass is 10.2. The summed E-state index contributed by atoms with van der Waals surface area (Å²) < 4.78 is 5.75. The number of rotatable bonds is 8. The van der Waals surface area contributed by atoms with Crippen molar-refractivity contribution in [1.29, 1.82) is 5.26 Å².